The largest absolute Gasteiger partial charge is 0.393 e. The van der Waals surface area contributed by atoms with E-state index in [0.29, 0.717) is 0 Å². The van der Waals surface area contributed by atoms with Crippen LogP contribution in [0.25, 0.3) is 0 Å². The predicted molar refractivity (Wildman–Crippen MR) is 95.0 cm³/mol. The third-order valence-electron chi connectivity index (χ3n) is 3.59. The Bertz CT molecular complexity index is 929. The summed E-state index contributed by atoms with van der Waals surface area (Å²) in [7, 11) is -4.04. The van der Waals surface area contributed by atoms with Crippen LogP contribution >= 0.6 is 11.8 Å². The zero-order valence-electron chi connectivity index (χ0n) is 13.7. The molecule has 26 heavy (non-hydrogen) atoms. The van der Waals surface area contributed by atoms with Crippen LogP contribution in [0.1, 0.15) is 10.9 Å². The quantitative estimate of drug-likeness (QED) is 0.682. The lowest BCUT2D eigenvalue weighted by Crippen LogP contribution is -2.26. The smallest absolute Gasteiger partial charge is 0.350 e. The molecule has 11 heteroatoms. The van der Waals surface area contributed by atoms with Crippen molar-refractivity contribution in [1.82, 2.24) is 9.55 Å². The van der Waals surface area contributed by atoms with E-state index in [-0.39, 0.29) is 34.7 Å². The monoisotopic (exact) mass is 399 g/mol. The first-order valence-corrected chi connectivity index (χ1v) is 9.97. The zero-order chi connectivity index (χ0) is 18.7. The highest BCUT2D eigenvalue weighted by Gasteiger charge is 2.27. The van der Waals surface area contributed by atoms with Crippen molar-refractivity contribution < 1.29 is 22.5 Å². The lowest BCUT2D eigenvalue weighted by Gasteiger charge is -2.12. The number of rotatable bonds is 6. The highest BCUT2D eigenvalue weighted by atomic mass is 32.2. The summed E-state index contributed by atoms with van der Waals surface area (Å²) < 4.78 is 35.6. The fraction of sp³-hybridized carbons (Fsp3) is 0.333. The van der Waals surface area contributed by atoms with Gasteiger partial charge in [0.1, 0.15) is 10.8 Å². The van der Waals surface area contributed by atoms with E-state index < -0.39 is 15.8 Å². The second-order valence-electron chi connectivity index (χ2n) is 5.49. The van der Waals surface area contributed by atoms with Crippen molar-refractivity contribution in [2.45, 2.75) is 22.6 Å². The molecule has 9 nitrogen and oxygen atoms in total. The van der Waals surface area contributed by atoms with Crippen molar-refractivity contribution in [1.29, 1.82) is 0 Å². The van der Waals surface area contributed by atoms with E-state index in [2.05, 4.69) is 10.5 Å². The molecule has 0 amide bonds. The summed E-state index contributed by atoms with van der Waals surface area (Å²) in [5, 5.41) is 8.76. The Balaban J connectivity index is 1.68. The number of aryl methyl sites for hydroxylation is 1. The van der Waals surface area contributed by atoms with Crippen molar-refractivity contribution in [3.05, 3.63) is 52.6 Å². The number of nitrogens with one attached hydrogen (secondary N) is 1. The summed E-state index contributed by atoms with van der Waals surface area (Å²) in [6.45, 7) is 1.96. The predicted octanol–water partition coefficient (Wildman–Crippen LogP) is 0.865. The topological polar surface area (TPSA) is 120 Å². The third kappa shape index (κ3) is 4.24. The number of ether oxygens (including phenoxy) is 1. The Kier molecular flexibility index (Phi) is 5.63. The molecule has 2 atom stereocenters. The van der Waals surface area contributed by atoms with E-state index in [4.69, 9.17) is 14.1 Å². The average Bonchev–Trinajstić information content (AvgIpc) is 3.09. The van der Waals surface area contributed by atoms with E-state index in [1.807, 2.05) is 6.92 Å². The first kappa shape index (κ1) is 18.9. The number of aliphatic hydroxyl groups is 1. The molecule has 3 rings (SSSR count). The van der Waals surface area contributed by atoms with Crippen LogP contribution in [0, 0.1) is 6.92 Å². The first-order valence-electron chi connectivity index (χ1n) is 7.62. The number of anilines is 1. The maximum Gasteiger partial charge on any atom is 0.350 e. The van der Waals surface area contributed by atoms with Gasteiger partial charge in [-0.15, -0.1) is 16.0 Å². The Morgan fingerprint density at radius 2 is 2.12 bits per heavy atom. The van der Waals surface area contributed by atoms with Gasteiger partial charge in [-0.2, -0.15) is 13.4 Å². The van der Waals surface area contributed by atoms with Gasteiger partial charge < -0.3 is 9.84 Å². The molecule has 1 aliphatic heterocycles. The molecule has 1 saturated heterocycles. The highest BCUT2D eigenvalue weighted by molar-refractivity contribution is 8.00. The third-order valence-corrected chi connectivity index (χ3v) is 6.01. The summed E-state index contributed by atoms with van der Waals surface area (Å²) in [5.74, 6) is -0.0374. The summed E-state index contributed by atoms with van der Waals surface area (Å²) in [6.07, 6.45) is 1.46. The molecular weight excluding hydrogens is 382 g/mol. The molecule has 1 aromatic heterocycles. The minimum absolute atomic E-state index is 0.0153. The van der Waals surface area contributed by atoms with E-state index in [1.165, 1.54) is 40.7 Å². The Labute approximate surface area is 154 Å². The van der Waals surface area contributed by atoms with Crippen molar-refractivity contribution in [3.63, 3.8) is 0 Å². The van der Waals surface area contributed by atoms with Crippen molar-refractivity contribution in [2.75, 3.05) is 18.7 Å². The molecule has 0 radical (unpaired) electrons. The standard InChI is InChI=1S/C15H17N3O6S2/c1-10-2-4-11(5-3-10)26(21,22)24-17-12-6-7-18(15(20)16-12)13-9-23-14(8-19)25-13/h2-7,13-14,19H,8-9H2,1H3,(H,16,17,20)/t13-,14-/m0/s1. The molecule has 0 aliphatic carbocycles. The van der Waals surface area contributed by atoms with Gasteiger partial charge in [0.15, 0.2) is 5.82 Å². The lowest BCUT2D eigenvalue weighted by molar-refractivity contribution is 0.0803. The molecule has 1 aromatic carbocycles. The Morgan fingerprint density at radius 1 is 1.38 bits per heavy atom. The van der Waals surface area contributed by atoms with Crippen LogP contribution in [-0.4, -0.2) is 41.7 Å². The minimum Gasteiger partial charge on any atom is -0.393 e. The van der Waals surface area contributed by atoms with Gasteiger partial charge >= 0.3 is 15.8 Å². The zero-order valence-corrected chi connectivity index (χ0v) is 15.4. The molecular formula is C15H17N3O6S2. The molecule has 2 N–H and O–H groups in total. The molecule has 140 valence electrons. The van der Waals surface area contributed by atoms with Gasteiger partial charge in [-0.1, -0.05) is 17.7 Å². The second kappa shape index (κ2) is 7.76. The maximum atomic E-state index is 12.1. The highest BCUT2D eigenvalue weighted by Crippen LogP contribution is 2.34. The average molecular weight is 399 g/mol. The Morgan fingerprint density at radius 3 is 2.73 bits per heavy atom. The van der Waals surface area contributed by atoms with Gasteiger partial charge in [-0.25, -0.2) is 10.3 Å². The summed E-state index contributed by atoms with van der Waals surface area (Å²) in [6, 6.07) is 7.56. The van der Waals surface area contributed by atoms with Crippen LogP contribution in [0.15, 0.2) is 46.2 Å². The van der Waals surface area contributed by atoms with E-state index >= 15 is 0 Å². The van der Waals surface area contributed by atoms with Gasteiger partial charge in [0.2, 0.25) is 0 Å². The molecule has 0 saturated carbocycles. The molecule has 2 heterocycles. The Hall–Kier alpha value is -1.92. The fourth-order valence-corrected chi connectivity index (χ4v) is 4.03. The lowest BCUT2D eigenvalue weighted by atomic mass is 10.2. The SMILES string of the molecule is Cc1ccc(S(=O)(=O)ONc2ccn([C@@H]3CO[C@H](CO)S3)c(=O)n2)cc1. The minimum atomic E-state index is -4.04. The number of nitrogens with zero attached hydrogens (tertiary/aromatic N) is 2. The van der Waals surface area contributed by atoms with Gasteiger partial charge in [0, 0.05) is 6.20 Å². The van der Waals surface area contributed by atoms with Crippen LogP contribution in [-0.2, 0) is 19.1 Å². The van der Waals surface area contributed by atoms with Crippen molar-refractivity contribution >= 4 is 27.7 Å². The summed E-state index contributed by atoms with van der Waals surface area (Å²) in [5.41, 5.74) is 2.13. The number of aromatic nitrogens is 2. The van der Waals surface area contributed by atoms with Gasteiger partial charge in [0.25, 0.3) is 0 Å². The number of thioether (sulfide) groups is 1. The van der Waals surface area contributed by atoms with Crippen LogP contribution < -0.4 is 11.2 Å². The van der Waals surface area contributed by atoms with Crippen molar-refractivity contribution in [3.8, 4) is 0 Å². The second-order valence-corrected chi connectivity index (χ2v) is 8.38. The van der Waals surface area contributed by atoms with Crippen LogP contribution in [0.5, 0.6) is 0 Å². The molecule has 0 unspecified atom stereocenters. The summed E-state index contributed by atoms with van der Waals surface area (Å²) in [4.78, 5) is 15.9. The van der Waals surface area contributed by atoms with Crippen LogP contribution in [0.3, 0.4) is 0 Å². The van der Waals surface area contributed by atoms with Gasteiger partial charge in [-0.3, -0.25) is 4.57 Å². The molecule has 1 aliphatic rings. The number of hydrogen-bond donors (Lipinski definition) is 2. The number of aliphatic hydroxyl groups excluding tert-OH is 1. The number of benzene rings is 1. The van der Waals surface area contributed by atoms with Crippen molar-refractivity contribution in [2.24, 2.45) is 0 Å². The molecule has 0 spiro atoms. The summed E-state index contributed by atoms with van der Waals surface area (Å²) >= 11 is 1.30. The normalized spacial score (nSPS) is 20.2. The van der Waals surface area contributed by atoms with Gasteiger partial charge in [-0.05, 0) is 25.1 Å². The number of hydrogen-bond acceptors (Lipinski definition) is 9. The van der Waals surface area contributed by atoms with Gasteiger partial charge in [0.05, 0.1) is 18.1 Å². The van der Waals surface area contributed by atoms with E-state index in [0.717, 1.165) is 5.56 Å². The fourth-order valence-electron chi connectivity index (χ4n) is 2.22. The van der Waals surface area contributed by atoms with E-state index in [9.17, 15) is 13.2 Å². The first-order chi connectivity index (χ1) is 12.4. The van der Waals surface area contributed by atoms with Crippen LogP contribution in [0.2, 0.25) is 0 Å². The van der Waals surface area contributed by atoms with Crippen LogP contribution in [0.4, 0.5) is 5.82 Å². The molecule has 1 fully saturated rings. The maximum absolute atomic E-state index is 12.1. The molecule has 2 aromatic rings. The van der Waals surface area contributed by atoms with E-state index in [1.54, 1.807) is 12.1 Å². The molecule has 0 bridgehead atoms.